The van der Waals surface area contributed by atoms with Crippen molar-refractivity contribution in [3.63, 3.8) is 0 Å². The Kier molecular flexibility index (Phi) is 2.63. The molecule has 0 aliphatic heterocycles. The van der Waals surface area contributed by atoms with Crippen molar-refractivity contribution in [3.05, 3.63) is 52.5 Å². The van der Waals surface area contributed by atoms with Gasteiger partial charge in [-0.25, -0.2) is 13.8 Å². The Bertz CT molecular complexity index is 739. The van der Waals surface area contributed by atoms with Crippen LogP contribution >= 0.6 is 15.9 Å². The summed E-state index contributed by atoms with van der Waals surface area (Å²) in [4.78, 5) is 4.08. The molecule has 2 nitrogen and oxygen atoms in total. The zero-order valence-electron chi connectivity index (χ0n) is 8.95. The molecule has 5 heteroatoms. The van der Waals surface area contributed by atoms with Gasteiger partial charge in [0.1, 0.15) is 11.3 Å². The minimum absolute atomic E-state index is 0.0358. The first-order valence-corrected chi connectivity index (χ1v) is 5.94. The smallest absolute Gasteiger partial charge is 0.227 e. The lowest BCUT2D eigenvalue weighted by Crippen LogP contribution is -1.79. The Labute approximate surface area is 109 Å². The summed E-state index contributed by atoms with van der Waals surface area (Å²) in [6.45, 7) is 0. The maximum Gasteiger partial charge on any atom is 0.227 e. The number of fused-ring (bicyclic) bond motifs is 1. The summed E-state index contributed by atoms with van der Waals surface area (Å²) in [7, 11) is 0. The minimum Gasteiger partial charge on any atom is -0.433 e. The van der Waals surface area contributed by atoms with Crippen LogP contribution in [0.3, 0.4) is 0 Å². The first kappa shape index (κ1) is 11.3. The number of hydrogen-bond donors (Lipinski definition) is 0. The summed E-state index contributed by atoms with van der Waals surface area (Å²) in [5.74, 6) is -1.16. The number of halogens is 3. The van der Waals surface area contributed by atoms with Gasteiger partial charge in [-0.2, -0.15) is 0 Å². The molecule has 0 aliphatic carbocycles. The summed E-state index contributed by atoms with van der Waals surface area (Å²) >= 11 is 3.33. The van der Waals surface area contributed by atoms with E-state index in [-0.39, 0.29) is 17.0 Å². The molecule has 0 radical (unpaired) electrons. The largest absolute Gasteiger partial charge is 0.433 e. The maximum absolute atomic E-state index is 13.5. The van der Waals surface area contributed by atoms with Crippen molar-refractivity contribution in [1.82, 2.24) is 4.98 Å². The van der Waals surface area contributed by atoms with Crippen molar-refractivity contribution in [2.75, 3.05) is 0 Å². The molecule has 3 aromatic rings. The number of benzene rings is 2. The summed E-state index contributed by atoms with van der Waals surface area (Å²) in [5, 5.41) is 0. The van der Waals surface area contributed by atoms with Crippen LogP contribution in [0, 0.1) is 11.6 Å². The van der Waals surface area contributed by atoms with E-state index in [1.807, 2.05) is 12.1 Å². The first-order chi connectivity index (χ1) is 8.63. The summed E-state index contributed by atoms with van der Waals surface area (Å²) < 4.78 is 32.7. The van der Waals surface area contributed by atoms with E-state index in [1.165, 1.54) is 0 Å². The Balaban J connectivity index is 2.22. The van der Waals surface area contributed by atoms with Gasteiger partial charge in [-0.3, -0.25) is 0 Å². The molecule has 0 saturated carbocycles. The molecule has 90 valence electrons. The van der Waals surface area contributed by atoms with Gasteiger partial charge in [0.2, 0.25) is 5.89 Å². The van der Waals surface area contributed by atoms with Crippen molar-refractivity contribution in [2.24, 2.45) is 0 Å². The van der Waals surface area contributed by atoms with Crippen molar-refractivity contribution in [1.29, 1.82) is 0 Å². The van der Waals surface area contributed by atoms with Gasteiger partial charge in [0.25, 0.3) is 0 Å². The van der Waals surface area contributed by atoms with E-state index in [0.717, 1.165) is 16.6 Å². The normalized spacial score (nSPS) is 11.1. The Morgan fingerprint density at radius 2 is 1.94 bits per heavy atom. The third kappa shape index (κ3) is 1.90. The fourth-order valence-electron chi connectivity index (χ4n) is 1.70. The lowest BCUT2D eigenvalue weighted by molar-refractivity contribution is 0.550. The standard InChI is InChI=1S/C13H6BrF2NO/c14-8-3-1-2-7(4-8)13-17-11-6-9(15)5-10(16)12(11)18-13/h1-6H. The molecule has 0 unspecified atom stereocenters. The average molecular weight is 310 g/mol. The highest BCUT2D eigenvalue weighted by Gasteiger charge is 2.13. The number of oxazole rings is 1. The second kappa shape index (κ2) is 4.17. The van der Waals surface area contributed by atoms with Crippen molar-refractivity contribution in [2.45, 2.75) is 0 Å². The Hall–Kier alpha value is -1.75. The Morgan fingerprint density at radius 3 is 2.72 bits per heavy atom. The van der Waals surface area contributed by atoms with E-state index in [2.05, 4.69) is 20.9 Å². The molecule has 0 spiro atoms. The van der Waals surface area contributed by atoms with Crippen LogP contribution in [0.5, 0.6) is 0 Å². The highest BCUT2D eigenvalue weighted by Crippen LogP contribution is 2.28. The van der Waals surface area contributed by atoms with Gasteiger partial charge in [-0.05, 0) is 18.2 Å². The third-order valence-corrected chi connectivity index (χ3v) is 2.97. The van der Waals surface area contributed by atoms with Crippen molar-refractivity contribution >= 4 is 27.0 Å². The molecular weight excluding hydrogens is 304 g/mol. The van der Waals surface area contributed by atoms with E-state index in [0.29, 0.717) is 5.56 Å². The number of rotatable bonds is 1. The summed E-state index contributed by atoms with van der Waals surface area (Å²) in [6, 6.07) is 9.15. The molecule has 0 atom stereocenters. The van der Waals surface area contributed by atoms with Gasteiger partial charge in [-0.1, -0.05) is 22.0 Å². The topological polar surface area (TPSA) is 26.0 Å². The zero-order valence-corrected chi connectivity index (χ0v) is 10.5. The summed E-state index contributed by atoms with van der Waals surface area (Å²) in [6.07, 6.45) is 0. The second-order valence-corrected chi connectivity index (χ2v) is 4.68. The molecule has 0 saturated heterocycles. The van der Waals surface area contributed by atoms with E-state index in [4.69, 9.17) is 4.42 Å². The predicted molar refractivity (Wildman–Crippen MR) is 67.1 cm³/mol. The second-order valence-electron chi connectivity index (χ2n) is 3.77. The molecule has 0 bridgehead atoms. The van der Waals surface area contributed by atoms with Gasteiger partial charge in [0.05, 0.1) is 0 Å². The molecular formula is C13H6BrF2NO. The fraction of sp³-hybridized carbons (Fsp3) is 0. The molecule has 1 aromatic heterocycles. The van der Waals surface area contributed by atoms with Gasteiger partial charge in [-0.15, -0.1) is 0 Å². The van der Waals surface area contributed by atoms with Crippen LogP contribution < -0.4 is 0 Å². The van der Waals surface area contributed by atoms with Crippen LogP contribution in [0.25, 0.3) is 22.6 Å². The molecule has 0 fully saturated rings. The van der Waals surface area contributed by atoms with Crippen molar-refractivity contribution in [3.8, 4) is 11.5 Å². The van der Waals surface area contributed by atoms with Gasteiger partial charge in [0, 0.05) is 22.2 Å². The van der Waals surface area contributed by atoms with E-state index >= 15 is 0 Å². The molecule has 18 heavy (non-hydrogen) atoms. The molecule has 2 aromatic carbocycles. The van der Waals surface area contributed by atoms with Gasteiger partial charge < -0.3 is 4.42 Å². The molecule has 0 amide bonds. The maximum atomic E-state index is 13.5. The number of nitrogens with zero attached hydrogens (tertiary/aromatic N) is 1. The number of aromatic nitrogens is 1. The quantitative estimate of drug-likeness (QED) is 0.660. The molecule has 0 aliphatic rings. The third-order valence-electron chi connectivity index (χ3n) is 2.48. The Morgan fingerprint density at radius 1 is 1.11 bits per heavy atom. The average Bonchev–Trinajstić information content (AvgIpc) is 2.73. The van der Waals surface area contributed by atoms with E-state index in [9.17, 15) is 8.78 Å². The van der Waals surface area contributed by atoms with Crippen LogP contribution in [-0.2, 0) is 0 Å². The van der Waals surface area contributed by atoms with E-state index in [1.54, 1.807) is 12.1 Å². The van der Waals surface area contributed by atoms with Gasteiger partial charge >= 0.3 is 0 Å². The highest BCUT2D eigenvalue weighted by atomic mass is 79.9. The molecule has 1 heterocycles. The van der Waals surface area contributed by atoms with E-state index < -0.39 is 11.6 Å². The SMILES string of the molecule is Fc1cc(F)c2oc(-c3cccc(Br)c3)nc2c1. The minimum atomic E-state index is -0.751. The first-order valence-electron chi connectivity index (χ1n) is 5.15. The van der Waals surface area contributed by atoms with Crippen LogP contribution in [0.2, 0.25) is 0 Å². The zero-order chi connectivity index (χ0) is 12.7. The lowest BCUT2D eigenvalue weighted by atomic mass is 10.2. The lowest BCUT2D eigenvalue weighted by Gasteiger charge is -1.95. The predicted octanol–water partition coefficient (Wildman–Crippen LogP) is 4.54. The van der Waals surface area contributed by atoms with Crippen LogP contribution in [-0.4, -0.2) is 4.98 Å². The van der Waals surface area contributed by atoms with Crippen molar-refractivity contribution < 1.29 is 13.2 Å². The van der Waals surface area contributed by atoms with Crippen LogP contribution in [0.15, 0.2) is 45.3 Å². The van der Waals surface area contributed by atoms with Crippen LogP contribution in [0.4, 0.5) is 8.78 Å². The summed E-state index contributed by atoms with van der Waals surface area (Å²) in [5.41, 5.74) is 0.828. The highest BCUT2D eigenvalue weighted by molar-refractivity contribution is 9.10. The monoisotopic (exact) mass is 309 g/mol. The fourth-order valence-corrected chi connectivity index (χ4v) is 2.10. The van der Waals surface area contributed by atoms with Crippen LogP contribution in [0.1, 0.15) is 0 Å². The van der Waals surface area contributed by atoms with Gasteiger partial charge in [0.15, 0.2) is 11.4 Å². The number of hydrogen-bond acceptors (Lipinski definition) is 2. The molecule has 0 N–H and O–H groups in total. The molecule has 3 rings (SSSR count).